The minimum atomic E-state index is -0.605. The summed E-state index contributed by atoms with van der Waals surface area (Å²) in [6, 6.07) is -0.727. The van der Waals surface area contributed by atoms with Gasteiger partial charge in [0.1, 0.15) is 11.6 Å². The van der Waals surface area contributed by atoms with Crippen LogP contribution >= 0.6 is 0 Å². The van der Waals surface area contributed by atoms with Gasteiger partial charge in [-0.25, -0.2) is 4.79 Å². The summed E-state index contributed by atoms with van der Waals surface area (Å²) < 4.78 is 10.8. The summed E-state index contributed by atoms with van der Waals surface area (Å²) in [6.45, 7) is 5.90. The van der Waals surface area contributed by atoms with E-state index in [0.29, 0.717) is 25.8 Å². The van der Waals surface area contributed by atoms with Crippen molar-refractivity contribution in [2.75, 3.05) is 13.7 Å². The van der Waals surface area contributed by atoms with E-state index < -0.39 is 17.7 Å². The van der Waals surface area contributed by atoms with Gasteiger partial charge in [-0.3, -0.25) is 4.79 Å². The first kappa shape index (κ1) is 19.3. The number of hydrogen-bond acceptors (Lipinski definition) is 5. The van der Waals surface area contributed by atoms with Gasteiger partial charge in [0.15, 0.2) is 0 Å². The van der Waals surface area contributed by atoms with Crippen molar-refractivity contribution < 1.29 is 19.1 Å². The Morgan fingerprint density at radius 2 is 2.08 bits per heavy atom. The molecule has 0 aromatic carbocycles. The molecule has 2 amide bonds. The molecule has 2 aliphatic rings. The van der Waals surface area contributed by atoms with Gasteiger partial charge >= 0.3 is 6.09 Å². The summed E-state index contributed by atoms with van der Waals surface area (Å²) in [7, 11) is 1.60. The minimum absolute atomic E-state index is 0.0620. The molecule has 9 nitrogen and oxygen atoms in total. The first-order valence-electron chi connectivity index (χ1n) is 8.62. The van der Waals surface area contributed by atoms with Crippen LogP contribution in [0.5, 0.6) is 0 Å². The van der Waals surface area contributed by atoms with Crippen LogP contribution in [0.15, 0.2) is 5.11 Å². The average Bonchev–Trinajstić information content (AvgIpc) is 2.86. The van der Waals surface area contributed by atoms with E-state index in [9.17, 15) is 9.59 Å². The van der Waals surface area contributed by atoms with Crippen molar-refractivity contribution in [1.82, 2.24) is 10.2 Å². The Bertz CT molecular complexity index is 555. The predicted molar refractivity (Wildman–Crippen MR) is 90.9 cm³/mol. The van der Waals surface area contributed by atoms with Crippen molar-refractivity contribution in [3.63, 3.8) is 0 Å². The maximum absolute atomic E-state index is 12.7. The first-order chi connectivity index (χ1) is 11.7. The smallest absolute Gasteiger partial charge is 0.408 e. The molecule has 0 radical (unpaired) electrons. The molecule has 140 valence electrons. The van der Waals surface area contributed by atoms with E-state index in [2.05, 4.69) is 15.3 Å². The quantitative estimate of drug-likeness (QED) is 0.474. The van der Waals surface area contributed by atoms with Gasteiger partial charge < -0.3 is 19.7 Å². The third kappa shape index (κ3) is 4.99. The molecule has 0 aromatic heterocycles. The number of amides is 2. The predicted octanol–water partition coefficient (Wildman–Crippen LogP) is 2.36. The van der Waals surface area contributed by atoms with Crippen LogP contribution in [0, 0.1) is 0 Å². The number of methoxy groups -OCH3 is 1. The highest BCUT2D eigenvalue weighted by molar-refractivity contribution is 5.87. The second-order valence-electron chi connectivity index (χ2n) is 7.53. The zero-order chi connectivity index (χ0) is 18.6. The van der Waals surface area contributed by atoms with E-state index in [1.165, 1.54) is 0 Å². The monoisotopic (exact) mass is 353 g/mol. The van der Waals surface area contributed by atoms with Crippen LogP contribution < -0.4 is 5.32 Å². The Hall–Kier alpha value is -1.99. The number of alkyl carbamates (subject to hydrolysis) is 1. The summed E-state index contributed by atoms with van der Waals surface area (Å²) in [6.07, 6.45) is 1.83. The molecule has 1 heterocycles. The second-order valence-corrected chi connectivity index (χ2v) is 7.53. The van der Waals surface area contributed by atoms with Crippen LogP contribution in [0.25, 0.3) is 10.4 Å². The molecule has 2 fully saturated rings. The molecular weight excluding hydrogens is 326 g/mol. The van der Waals surface area contributed by atoms with Gasteiger partial charge in [-0.05, 0) is 52.0 Å². The van der Waals surface area contributed by atoms with Gasteiger partial charge in [-0.2, -0.15) is 0 Å². The van der Waals surface area contributed by atoms with Gasteiger partial charge in [-0.1, -0.05) is 5.11 Å². The third-order valence-electron chi connectivity index (χ3n) is 4.58. The third-order valence-corrected chi connectivity index (χ3v) is 4.58. The van der Waals surface area contributed by atoms with E-state index in [0.717, 1.165) is 6.42 Å². The van der Waals surface area contributed by atoms with Crippen molar-refractivity contribution in [1.29, 1.82) is 0 Å². The summed E-state index contributed by atoms with van der Waals surface area (Å²) >= 11 is 0. The van der Waals surface area contributed by atoms with Crippen LogP contribution in [0.4, 0.5) is 4.79 Å². The van der Waals surface area contributed by atoms with Crippen molar-refractivity contribution in [2.24, 2.45) is 5.11 Å². The number of nitrogens with one attached hydrogen (secondary N) is 1. The Balaban J connectivity index is 1.96. The molecule has 9 heteroatoms. The van der Waals surface area contributed by atoms with Gasteiger partial charge in [0.25, 0.3) is 0 Å². The summed E-state index contributed by atoms with van der Waals surface area (Å²) in [5, 5.41) is 6.43. The van der Waals surface area contributed by atoms with Crippen molar-refractivity contribution in [2.45, 2.75) is 76.3 Å². The molecule has 1 N–H and O–H groups in total. The zero-order valence-electron chi connectivity index (χ0n) is 15.3. The molecule has 1 aliphatic carbocycles. The van der Waals surface area contributed by atoms with Crippen LogP contribution in [-0.4, -0.2) is 60.4 Å². The summed E-state index contributed by atoms with van der Waals surface area (Å²) in [4.78, 5) is 29.2. The number of carbonyl (C=O) groups is 2. The van der Waals surface area contributed by atoms with Gasteiger partial charge in [-0.15, -0.1) is 0 Å². The van der Waals surface area contributed by atoms with Gasteiger partial charge in [0.2, 0.25) is 5.91 Å². The lowest BCUT2D eigenvalue weighted by Gasteiger charge is -2.39. The lowest BCUT2D eigenvalue weighted by molar-refractivity contribution is -0.135. The molecule has 1 aliphatic heterocycles. The second kappa shape index (κ2) is 7.93. The fourth-order valence-corrected chi connectivity index (χ4v) is 3.49. The molecule has 1 saturated carbocycles. The Morgan fingerprint density at radius 1 is 1.36 bits per heavy atom. The van der Waals surface area contributed by atoms with Gasteiger partial charge in [0.05, 0.1) is 12.1 Å². The Kier molecular flexibility index (Phi) is 6.13. The number of rotatable bonds is 4. The Morgan fingerprint density at radius 3 is 2.68 bits per heavy atom. The largest absolute Gasteiger partial charge is 0.444 e. The normalized spacial score (nSPS) is 29.9. The van der Waals surface area contributed by atoms with Crippen molar-refractivity contribution >= 4 is 12.0 Å². The minimum Gasteiger partial charge on any atom is -0.444 e. The Labute approximate surface area is 147 Å². The molecule has 1 saturated heterocycles. The number of ether oxygens (including phenoxy) is 2. The highest BCUT2D eigenvalue weighted by Crippen LogP contribution is 2.30. The standard InChI is InChI=1S/C16H27N5O4/c1-16(2,3)25-15(23)18-11-7-8-21(14(11)22)12-6-5-10(19-20-17)9-13(12)24-4/h10-13H,5-9H2,1-4H3,(H,18,23)/t10-,11+,12+,13-/m1/s1. The molecular formula is C16H27N5O4. The first-order valence-corrected chi connectivity index (χ1v) is 8.62. The maximum atomic E-state index is 12.7. The molecule has 0 unspecified atom stereocenters. The summed E-state index contributed by atoms with van der Waals surface area (Å²) in [5.41, 5.74) is 7.99. The molecule has 4 atom stereocenters. The van der Waals surface area contributed by atoms with Gasteiger partial charge in [0, 0.05) is 24.6 Å². The maximum Gasteiger partial charge on any atom is 0.408 e. The average molecular weight is 353 g/mol. The molecule has 0 aromatic rings. The number of nitrogens with zero attached hydrogens (tertiary/aromatic N) is 4. The van der Waals surface area contributed by atoms with E-state index in [1.54, 1.807) is 32.8 Å². The van der Waals surface area contributed by atoms with E-state index in [4.69, 9.17) is 15.0 Å². The van der Waals surface area contributed by atoms with Crippen LogP contribution in [0.3, 0.4) is 0 Å². The highest BCUT2D eigenvalue weighted by Gasteiger charge is 2.42. The highest BCUT2D eigenvalue weighted by atomic mass is 16.6. The topological polar surface area (TPSA) is 117 Å². The lowest BCUT2D eigenvalue weighted by atomic mass is 9.88. The molecule has 2 rings (SSSR count). The van der Waals surface area contributed by atoms with Crippen molar-refractivity contribution in [3.05, 3.63) is 10.4 Å². The molecule has 0 bridgehead atoms. The molecule has 25 heavy (non-hydrogen) atoms. The van der Waals surface area contributed by atoms with E-state index >= 15 is 0 Å². The fourth-order valence-electron chi connectivity index (χ4n) is 3.49. The van der Waals surface area contributed by atoms with E-state index in [-0.39, 0.29) is 24.1 Å². The van der Waals surface area contributed by atoms with Crippen LogP contribution in [0.1, 0.15) is 46.5 Å². The zero-order valence-corrected chi connectivity index (χ0v) is 15.3. The summed E-state index contributed by atoms with van der Waals surface area (Å²) in [5.74, 6) is -0.111. The van der Waals surface area contributed by atoms with Crippen LogP contribution in [0.2, 0.25) is 0 Å². The number of carbonyl (C=O) groups excluding carboxylic acids is 2. The number of azide groups is 1. The number of likely N-dealkylation sites (tertiary alicyclic amines) is 1. The molecule has 0 spiro atoms. The fraction of sp³-hybridized carbons (Fsp3) is 0.875. The SMILES string of the molecule is CO[C@@H]1C[C@H](N=[N+]=[N-])CC[C@@H]1N1CC[C@H](NC(=O)OC(C)(C)C)C1=O. The van der Waals surface area contributed by atoms with E-state index in [1.807, 2.05) is 0 Å². The van der Waals surface area contributed by atoms with Crippen LogP contribution in [-0.2, 0) is 14.3 Å². The number of hydrogen-bond donors (Lipinski definition) is 1. The lowest BCUT2D eigenvalue weighted by Crippen LogP contribution is -2.52. The van der Waals surface area contributed by atoms with Crippen molar-refractivity contribution in [3.8, 4) is 0 Å².